The molecule has 2 rings (SSSR count). The van der Waals surface area contributed by atoms with Crippen LogP contribution >= 0.6 is 0 Å². The molecule has 1 heterocycles. The summed E-state index contributed by atoms with van der Waals surface area (Å²) in [5.74, 6) is 1.03. The number of rotatable bonds is 6. The molecule has 1 atom stereocenters. The van der Waals surface area contributed by atoms with E-state index in [1.807, 2.05) is 0 Å². The fourth-order valence-corrected chi connectivity index (χ4v) is 2.87. The van der Waals surface area contributed by atoms with Crippen molar-refractivity contribution in [2.45, 2.75) is 32.2 Å². The molecule has 1 aromatic rings. The Morgan fingerprint density at radius 3 is 2.68 bits per heavy atom. The molecular formula is C16H26N2O. The van der Waals surface area contributed by atoms with Crippen LogP contribution < -0.4 is 10.1 Å². The molecule has 19 heavy (non-hydrogen) atoms. The van der Waals surface area contributed by atoms with Gasteiger partial charge in [-0.1, -0.05) is 38.0 Å². The van der Waals surface area contributed by atoms with Gasteiger partial charge in [0, 0.05) is 37.8 Å². The number of piperazine rings is 1. The monoisotopic (exact) mass is 262 g/mol. The van der Waals surface area contributed by atoms with E-state index in [1.54, 1.807) is 7.11 Å². The van der Waals surface area contributed by atoms with E-state index >= 15 is 0 Å². The van der Waals surface area contributed by atoms with Crippen molar-refractivity contribution in [1.82, 2.24) is 10.2 Å². The minimum atomic E-state index is 0.498. The van der Waals surface area contributed by atoms with Crippen molar-refractivity contribution in [3.8, 4) is 5.75 Å². The molecule has 1 aromatic carbocycles. The largest absolute Gasteiger partial charge is 0.496 e. The van der Waals surface area contributed by atoms with Crippen LogP contribution in [0.4, 0.5) is 0 Å². The number of para-hydroxylation sites is 1. The number of methoxy groups -OCH3 is 1. The number of hydrogen-bond donors (Lipinski definition) is 1. The van der Waals surface area contributed by atoms with E-state index in [0.717, 1.165) is 31.9 Å². The van der Waals surface area contributed by atoms with Crippen molar-refractivity contribution < 1.29 is 4.74 Å². The smallest absolute Gasteiger partial charge is 0.123 e. The Bertz CT molecular complexity index is 375. The first-order valence-electron chi connectivity index (χ1n) is 7.44. The first-order chi connectivity index (χ1) is 9.36. The summed E-state index contributed by atoms with van der Waals surface area (Å²) in [6, 6.07) is 8.98. The maximum Gasteiger partial charge on any atom is 0.123 e. The van der Waals surface area contributed by atoms with Crippen molar-refractivity contribution in [1.29, 1.82) is 0 Å². The first kappa shape index (κ1) is 14.4. The average molecular weight is 262 g/mol. The highest BCUT2D eigenvalue weighted by atomic mass is 16.5. The van der Waals surface area contributed by atoms with Crippen LogP contribution in [0.15, 0.2) is 24.3 Å². The van der Waals surface area contributed by atoms with Gasteiger partial charge in [-0.3, -0.25) is 4.90 Å². The van der Waals surface area contributed by atoms with Gasteiger partial charge in [-0.2, -0.15) is 0 Å². The summed E-state index contributed by atoms with van der Waals surface area (Å²) in [5.41, 5.74) is 1.35. The van der Waals surface area contributed by atoms with Crippen molar-refractivity contribution >= 4 is 0 Å². The zero-order valence-electron chi connectivity index (χ0n) is 12.2. The molecule has 3 nitrogen and oxygen atoms in total. The third-order valence-electron chi connectivity index (χ3n) is 3.92. The molecule has 0 aliphatic carbocycles. The molecule has 1 fully saturated rings. The van der Waals surface area contributed by atoms with Gasteiger partial charge in [-0.15, -0.1) is 0 Å². The van der Waals surface area contributed by atoms with Gasteiger partial charge in [0.15, 0.2) is 0 Å². The highest BCUT2D eigenvalue weighted by Gasteiger charge is 2.23. The Morgan fingerprint density at radius 1 is 1.26 bits per heavy atom. The lowest BCUT2D eigenvalue weighted by Gasteiger charge is -2.36. The van der Waals surface area contributed by atoms with Gasteiger partial charge in [0.1, 0.15) is 5.75 Å². The second kappa shape index (κ2) is 7.51. The normalized spacial score (nSPS) is 18.2. The second-order valence-corrected chi connectivity index (χ2v) is 5.19. The summed E-state index contributed by atoms with van der Waals surface area (Å²) in [6.45, 7) is 6.71. The van der Waals surface area contributed by atoms with E-state index in [1.165, 1.54) is 24.8 Å². The Balaban J connectivity index is 2.19. The highest BCUT2D eigenvalue weighted by Crippen LogP contribution is 2.33. The first-order valence-corrected chi connectivity index (χ1v) is 7.44. The predicted octanol–water partition coefficient (Wildman–Crippen LogP) is 2.83. The Morgan fingerprint density at radius 2 is 2.00 bits per heavy atom. The van der Waals surface area contributed by atoms with Crippen LogP contribution in [0, 0.1) is 0 Å². The van der Waals surface area contributed by atoms with Gasteiger partial charge in [0.2, 0.25) is 0 Å². The summed E-state index contributed by atoms with van der Waals surface area (Å²) < 4.78 is 5.55. The molecule has 0 saturated carbocycles. The highest BCUT2D eigenvalue weighted by molar-refractivity contribution is 5.36. The quantitative estimate of drug-likeness (QED) is 0.853. The molecule has 0 spiro atoms. The van der Waals surface area contributed by atoms with Crippen molar-refractivity contribution in [2.75, 3.05) is 33.3 Å². The van der Waals surface area contributed by atoms with Gasteiger partial charge in [0.05, 0.1) is 7.11 Å². The molecule has 1 aliphatic heterocycles. The zero-order chi connectivity index (χ0) is 13.5. The van der Waals surface area contributed by atoms with Crippen LogP contribution in [0.1, 0.15) is 37.8 Å². The molecule has 0 unspecified atom stereocenters. The fraction of sp³-hybridized carbons (Fsp3) is 0.625. The van der Waals surface area contributed by atoms with Crippen LogP contribution in [0.5, 0.6) is 5.75 Å². The molecule has 0 bridgehead atoms. The van der Waals surface area contributed by atoms with E-state index in [9.17, 15) is 0 Å². The summed E-state index contributed by atoms with van der Waals surface area (Å²) in [7, 11) is 1.77. The molecule has 3 heteroatoms. The van der Waals surface area contributed by atoms with Gasteiger partial charge in [-0.25, -0.2) is 0 Å². The van der Waals surface area contributed by atoms with Crippen LogP contribution in [-0.2, 0) is 0 Å². The van der Waals surface area contributed by atoms with E-state index in [4.69, 9.17) is 4.74 Å². The number of ether oxygens (including phenoxy) is 1. The maximum absolute atomic E-state index is 5.55. The van der Waals surface area contributed by atoms with Crippen LogP contribution in [-0.4, -0.2) is 38.2 Å². The van der Waals surface area contributed by atoms with Crippen molar-refractivity contribution in [3.05, 3.63) is 29.8 Å². The van der Waals surface area contributed by atoms with E-state index < -0.39 is 0 Å². The van der Waals surface area contributed by atoms with E-state index in [0.29, 0.717) is 6.04 Å². The second-order valence-electron chi connectivity index (χ2n) is 5.19. The van der Waals surface area contributed by atoms with Crippen molar-refractivity contribution in [3.63, 3.8) is 0 Å². The molecule has 106 valence electrons. The zero-order valence-corrected chi connectivity index (χ0v) is 12.2. The molecule has 1 N–H and O–H groups in total. The standard InChI is InChI=1S/C16H26N2O/c1-3-4-8-15(18-12-10-17-11-13-18)14-7-5-6-9-16(14)19-2/h5-7,9,15,17H,3-4,8,10-13H2,1-2H3/t15-/m0/s1. The number of unbranched alkanes of at least 4 members (excludes halogenated alkanes) is 1. The molecule has 0 amide bonds. The minimum absolute atomic E-state index is 0.498. The third-order valence-corrected chi connectivity index (χ3v) is 3.92. The van der Waals surface area contributed by atoms with Gasteiger partial charge >= 0.3 is 0 Å². The summed E-state index contributed by atoms with van der Waals surface area (Å²) in [5, 5.41) is 3.43. The fourth-order valence-electron chi connectivity index (χ4n) is 2.87. The molecular weight excluding hydrogens is 236 g/mol. The SMILES string of the molecule is CCCC[C@@H](c1ccccc1OC)N1CCNCC1. The predicted molar refractivity (Wildman–Crippen MR) is 79.7 cm³/mol. The molecule has 0 aromatic heterocycles. The molecule has 0 radical (unpaired) electrons. The summed E-state index contributed by atoms with van der Waals surface area (Å²) >= 11 is 0. The Labute approximate surface area is 116 Å². The van der Waals surface area contributed by atoms with Crippen LogP contribution in [0.3, 0.4) is 0 Å². The lowest BCUT2D eigenvalue weighted by molar-refractivity contribution is 0.160. The van der Waals surface area contributed by atoms with Gasteiger partial charge in [-0.05, 0) is 12.5 Å². The molecule has 1 aliphatic rings. The molecule has 1 saturated heterocycles. The topological polar surface area (TPSA) is 24.5 Å². The van der Waals surface area contributed by atoms with Crippen LogP contribution in [0.25, 0.3) is 0 Å². The number of nitrogens with zero attached hydrogens (tertiary/aromatic N) is 1. The van der Waals surface area contributed by atoms with Crippen molar-refractivity contribution in [2.24, 2.45) is 0 Å². The Kier molecular flexibility index (Phi) is 5.67. The average Bonchev–Trinajstić information content (AvgIpc) is 2.49. The summed E-state index contributed by atoms with van der Waals surface area (Å²) in [4.78, 5) is 2.60. The number of hydrogen-bond acceptors (Lipinski definition) is 3. The van der Waals surface area contributed by atoms with Gasteiger partial charge < -0.3 is 10.1 Å². The Hall–Kier alpha value is -1.06. The lowest BCUT2D eigenvalue weighted by Crippen LogP contribution is -2.45. The van der Waals surface area contributed by atoms with Gasteiger partial charge in [0.25, 0.3) is 0 Å². The number of nitrogens with one attached hydrogen (secondary N) is 1. The maximum atomic E-state index is 5.55. The lowest BCUT2D eigenvalue weighted by atomic mass is 9.98. The van der Waals surface area contributed by atoms with Crippen LogP contribution in [0.2, 0.25) is 0 Å². The van der Waals surface area contributed by atoms with E-state index in [-0.39, 0.29) is 0 Å². The van der Waals surface area contributed by atoms with E-state index in [2.05, 4.69) is 41.4 Å². The summed E-state index contributed by atoms with van der Waals surface area (Å²) in [6.07, 6.45) is 3.74. The minimum Gasteiger partial charge on any atom is -0.496 e. The number of benzene rings is 1. The third kappa shape index (κ3) is 3.71.